The fourth-order valence-electron chi connectivity index (χ4n) is 1.42. The maximum atomic E-state index is 11.4. The standard InChI is InChI=1S/C12H10O2/c1-8(2)7-11-9-5-3-4-6-10(9)12(13)14-11/h3-7H,1H2,2H3. The first-order chi connectivity index (χ1) is 6.68. The minimum Gasteiger partial charge on any atom is -0.422 e. The Balaban J connectivity index is 2.54. The number of benzene rings is 1. The number of ether oxygens (including phenoxy) is 1. The molecule has 0 fully saturated rings. The van der Waals surface area contributed by atoms with Crippen LogP contribution < -0.4 is 0 Å². The van der Waals surface area contributed by atoms with Crippen molar-refractivity contribution in [2.75, 3.05) is 0 Å². The van der Waals surface area contributed by atoms with Gasteiger partial charge in [0.1, 0.15) is 5.76 Å². The molecule has 1 aliphatic heterocycles. The largest absolute Gasteiger partial charge is 0.422 e. The molecule has 70 valence electrons. The second-order valence-electron chi connectivity index (χ2n) is 3.29. The highest BCUT2D eigenvalue weighted by Crippen LogP contribution is 2.29. The Morgan fingerprint density at radius 3 is 2.64 bits per heavy atom. The van der Waals surface area contributed by atoms with Gasteiger partial charge in [-0.25, -0.2) is 4.79 Å². The summed E-state index contributed by atoms with van der Waals surface area (Å²) in [5.74, 6) is 0.311. The van der Waals surface area contributed by atoms with E-state index >= 15 is 0 Å². The summed E-state index contributed by atoms with van der Waals surface area (Å²) in [7, 11) is 0. The van der Waals surface area contributed by atoms with Crippen LogP contribution in [0.25, 0.3) is 5.76 Å². The van der Waals surface area contributed by atoms with Crippen molar-refractivity contribution in [3.8, 4) is 0 Å². The molecule has 0 bridgehead atoms. The zero-order chi connectivity index (χ0) is 10.1. The van der Waals surface area contributed by atoms with Gasteiger partial charge >= 0.3 is 5.97 Å². The zero-order valence-electron chi connectivity index (χ0n) is 7.91. The number of carbonyl (C=O) groups excluding carboxylic acids is 1. The van der Waals surface area contributed by atoms with Crippen LogP contribution >= 0.6 is 0 Å². The molecule has 2 heteroatoms. The molecule has 1 aromatic carbocycles. The predicted octanol–water partition coefficient (Wildman–Crippen LogP) is 2.77. The van der Waals surface area contributed by atoms with E-state index in [1.165, 1.54) is 0 Å². The lowest BCUT2D eigenvalue weighted by Gasteiger charge is -1.96. The van der Waals surface area contributed by atoms with Gasteiger partial charge in [0.05, 0.1) is 5.56 Å². The van der Waals surface area contributed by atoms with Crippen LogP contribution in [-0.2, 0) is 4.74 Å². The fraction of sp³-hybridized carbons (Fsp3) is 0.0833. The van der Waals surface area contributed by atoms with Crippen molar-refractivity contribution in [2.24, 2.45) is 0 Å². The van der Waals surface area contributed by atoms with Crippen LogP contribution in [0.2, 0.25) is 0 Å². The molecule has 0 radical (unpaired) electrons. The summed E-state index contributed by atoms with van der Waals surface area (Å²) in [5, 5.41) is 0. The molecule has 14 heavy (non-hydrogen) atoms. The van der Waals surface area contributed by atoms with E-state index in [0.717, 1.165) is 11.1 Å². The zero-order valence-corrected chi connectivity index (χ0v) is 7.91. The highest BCUT2D eigenvalue weighted by atomic mass is 16.5. The summed E-state index contributed by atoms with van der Waals surface area (Å²) in [6.07, 6.45) is 1.77. The van der Waals surface area contributed by atoms with Crippen molar-refractivity contribution in [2.45, 2.75) is 6.92 Å². The average Bonchev–Trinajstić information content (AvgIpc) is 2.44. The first kappa shape index (κ1) is 8.75. The van der Waals surface area contributed by atoms with Crippen LogP contribution in [0, 0.1) is 0 Å². The lowest BCUT2D eigenvalue weighted by atomic mass is 10.1. The Labute approximate surface area is 82.5 Å². The third-order valence-corrected chi connectivity index (χ3v) is 1.99. The topological polar surface area (TPSA) is 26.3 Å². The van der Waals surface area contributed by atoms with Crippen molar-refractivity contribution < 1.29 is 9.53 Å². The van der Waals surface area contributed by atoms with Crippen molar-refractivity contribution in [1.29, 1.82) is 0 Å². The Morgan fingerprint density at radius 1 is 1.36 bits per heavy atom. The van der Waals surface area contributed by atoms with Crippen molar-refractivity contribution >= 4 is 11.7 Å². The van der Waals surface area contributed by atoms with Gasteiger partial charge in [-0.3, -0.25) is 0 Å². The maximum Gasteiger partial charge on any atom is 0.344 e. The van der Waals surface area contributed by atoms with E-state index in [1.807, 2.05) is 25.1 Å². The van der Waals surface area contributed by atoms with E-state index < -0.39 is 0 Å². The number of esters is 1. The van der Waals surface area contributed by atoms with E-state index in [0.29, 0.717) is 11.3 Å². The van der Waals surface area contributed by atoms with Crippen molar-refractivity contribution in [1.82, 2.24) is 0 Å². The number of carbonyl (C=O) groups is 1. The van der Waals surface area contributed by atoms with Crippen LogP contribution in [0.3, 0.4) is 0 Å². The number of allylic oxidation sites excluding steroid dienone is 2. The molecule has 1 heterocycles. The van der Waals surface area contributed by atoms with Gasteiger partial charge in [-0.1, -0.05) is 30.4 Å². The Bertz CT molecular complexity index is 441. The monoisotopic (exact) mass is 186 g/mol. The number of hydrogen-bond acceptors (Lipinski definition) is 2. The molecule has 0 N–H and O–H groups in total. The Kier molecular flexibility index (Phi) is 1.97. The molecule has 0 saturated carbocycles. The van der Waals surface area contributed by atoms with E-state index in [2.05, 4.69) is 6.58 Å². The number of rotatable bonds is 1. The van der Waals surface area contributed by atoms with E-state index in [4.69, 9.17) is 4.74 Å². The third kappa shape index (κ3) is 1.35. The molecule has 0 amide bonds. The average molecular weight is 186 g/mol. The quantitative estimate of drug-likeness (QED) is 0.630. The minimum absolute atomic E-state index is 0.284. The minimum atomic E-state index is -0.284. The Hall–Kier alpha value is -1.83. The predicted molar refractivity (Wildman–Crippen MR) is 54.6 cm³/mol. The molecule has 0 saturated heterocycles. The number of cyclic esters (lactones) is 1. The van der Waals surface area contributed by atoms with E-state index in [-0.39, 0.29) is 5.97 Å². The van der Waals surface area contributed by atoms with Crippen LogP contribution in [-0.4, -0.2) is 5.97 Å². The molecule has 0 unspecified atom stereocenters. The molecular weight excluding hydrogens is 176 g/mol. The van der Waals surface area contributed by atoms with Gasteiger partial charge in [-0.05, 0) is 19.1 Å². The van der Waals surface area contributed by atoms with Crippen LogP contribution in [0.15, 0.2) is 42.5 Å². The highest BCUT2D eigenvalue weighted by Gasteiger charge is 2.25. The molecule has 2 nitrogen and oxygen atoms in total. The number of fused-ring (bicyclic) bond motifs is 1. The van der Waals surface area contributed by atoms with Crippen LogP contribution in [0.5, 0.6) is 0 Å². The molecule has 0 atom stereocenters. The lowest BCUT2D eigenvalue weighted by Crippen LogP contribution is -1.92. The summed E-state index contributed by atoms with van der Waals surface area (Å²) in [6, 6.07) is 7.34. The fourth-order valence-corrected chi connectivity index (χ4v) is 1.42. The second kappa shape index (κ2) is 3.14. The molecular formula is C12H10O2. The molecule has 0 aromatic heterocycles. The van der Waals surface area contributed by atoms with Gasteiger partial charge < -0.3 is 4.74 Å². The molecule has 0 aliphatic carbocycles. The SMILES string of the molecule is C=C(C)C=C1OC(=O)c2ccccc21. The van der Waals surface area contributed by atoms with Crippen molar-refractivity contribution in [3.63, 3.8) is 0 Å². The smallest absolute Gasteiger partial charge is 0.344 e. The molecule has 2 rings (SSSR count). The maximum absolute atomic E-state index is 11.4. The summed E-state index contributed by atoms with van der Waals surface area (Å²) in [6.45, 7) is 5.61. The highest BCUT2D eigenvalue weighted by molar-refractivity contribution is 6.03. The molecule has 0 spiro atoms. The van der Waals surface area contributed by atoms with E-state index in [1.54, 1.807) is 12.1 Å². The van der Waals surface area contributed by atoms with Gasteiger partial charge in [0.15, 0.2) is 0 Å². The summed E-state index contributed by atoms with van der Waals surface area (Å²) in [5.41, 5.74) is 2.34. The van der Waals surface area contributed by atoms with Crippen LogP contribution in [0.1, 0.15) is 22.8 Å². The Morgan fingerprint density at radius 2 is 2.00 bits per heavy atom. The van der Waals surface area contributed by atoms with Gasteiger partial charge in [-0.15, -0.1) is 0 Å². The van der Waals surface area contributed by atoms with Crippen LogP contribution in [0.4, 0.5) is 0 Å². The van der Waals surface area contributed by atoms with Gasteiger partial charge in [0.2, 0.25) is 0 Å². The first-order valence-electron chi connectivity index (χ1n) is 4.37. The summed E-state index contributed by atoms with van der Waals surface area (Å²) >= 11 is 0. The van der Waals surface area contributed by atoms with Gasteiger partial charge in [0.25, 0.3) is 0 Å². The molecule has 1 aliphatic rings. The lowest BCUT2D eigenvalue weighted by molar-refractivity contribution is 0.0716. The van der Waals surface area contributed by atoms with Gasteiger partial charge in [0, 0.05) is 5.56 Å². The summed E-state index contributed by atoms with van der Waals surface area (Å²) in [4.78, 5) is 11.4. The molecule has 1 aromatic rings. The summed E-state index contributed by atoms with van der Waals surface area (Å²) < 4.78 is 5.10. The second-order valence-corrected chi connectivity index (χ2v) is 3.29. The van der Waals surface area contributed by atoms with Crippen molar-refractivity contribution in [3.05, 3.63) is 53.6 Å². The third-order valence-electron chi connectivity index (χ3n) is 1.99. The normalized spacial score (nSPS) is 16.6. The van der Waals surface area contributed by atoms with Gasteiger partial charge in [-0.2, -0.15) is 0 Å². The number of hydrogen-bond donors (Lipinski definition) is 0. The van der Waals surface area contributed by atoms with E-state index in [9.17, 15) is 4.79 Å². The first-order valence-corrected chi connectivity index (χ1v) is 4.37.